The van der Waals surface area contributed by atoms with E-state index in [0.717, 1.165) is 12.2 Å². The zero-order chi connectivity index (χ0) is 8.55. The summed E-state index contributed by atoms with van der Waals surface area (Å²) in [4.78, 5) is 0. The zero-order valence-corrected chi connectivity index (χ0v) is 7.07. The summed E-state index contributed by atoms with van der Waals surface area (Å²) in [5.41, 5.74) is 1.10. The Morgan fingerprint density at radius 2 is 2.50 bits per heavy atom. The van der Waals surface area contributed by atoms with Crippen LogP contribution in [0, 0.1) is 0 Å². The summed E-state index contributed by atoms with van der Waals surface area (Å²) in [7, 11) is 1.90. The number of nitrogens with zero attached hydrogens (tertiary/aromatic N) is 2. The predicted octanol–water partition coefficient (Wildman–Crippen LogP) is -0.532. The molecule has 4 heteroatoms. The highest BCUT2D eigenvalue weighted by molar-refractivity contribution is 5.12. The Kier molecular flexibility index (Phi) is 1.86. The number of aliphatic hydroxyl groups is 1. The molecule has 1 aliphatic rings. The van der Waals surface area contributed by atoms with Crippen molar-refractivity contribution in [2.75, 3.05) is 13.1 Å². The molecular weight excluding hydrogens is 154 g/mol. The van der Waals surface area contributed by atoms with Gasteiger partial charge in [0.05, 0.1) is 6.10 Å². The lowest BCUT2D eigenvalue weighted by atomic mass is 10.0. The molecule has 0 radical (unpaired) electrons. The lowest BCUT2D eigenvalue weighted by Crippen LogP contribution is -2.18. The lowest BCUT2D eigenvalue weighted by Gasteiger charge is -2.12. The molecule has 0 spiro atoms. The Hall–Kier alpha value is -0.870. The van der Waals surface area contributed by atoms with Gasteiger partial charge in [0.2, 0.25) is 0 Å². The van der Waals surface area contributed by atoms with Gasteiger partial charge in [-0.15, -0.1) is 0 Å². The normalized spacial score (nSPS) is 29.5. The van der Waals surface area contributed by atoms with Gasteiger partial charge in [-0.25, -0.2) is 0 Å². The van der Waals surface area contributed by atoms with Crippen molar-refractivity contribution in [1.29, 1.82) is 0 Å². The van der Waals surface area contributed by atoms with E-state index in [2.05, 4.69) is 10.4 Å². The second-order valence-corrected chi connectivity index (χ2v) is 3.21. The standard InChI is InChI=1S/C8H13N3O/c1-11-7(2-3-10-11)6-4-9-5-8(6)12/h2-3,6,8-9,12H,4-5H2,1H3. The molecule has 1 aromatic heterocycles. The van der Waals surface area contributed by atoms with Crippen LogP contribution in [-0.2, 0) is 7.05 Å². The maximum atomic E-state index is 9.58. The highest BCUT2D eigenvalue weighted by atomic mass is 16.3. The van der Waals surface area contributed by atoms with Gasteiger partial charge in [-0.05, 0) is 6.07 Å². The van der Waals surface area contributed by atoms with E-state index < -0.39 is 0 Å². The first-order valence-electron chi connectivity index (χ1n) is 4.15. The fourth-order valence-electron chi connectivity index (χ4n) is 1.71. The summed E-state index contributed by atoms with van der Waals surface area (Å²) in [5, 5.41) is 16.8. The molecule has 0 aliphatic carbocycles. The van der Waals surface area contributed by atoms with Gasteiger partial charge >= 0.3 is 0 Å². The van der Waals surface area contributed by atoms with Crippen LogP contribution in [0.3, 0.4) is 0 Å². The van der Waals surface area contributed by atoms with E-state index in [0.29, 0.717) is 6.54 Å². The van der Waals surface area contributed by atoms with E-state index >= 15 is 0 Å². The van der Waals surface area contributed by atoms with Gasteiger partial charge in [-0.2, -0.15) is 5.10 Å². The summed E-state index contributed by atoms with van der Waals surface area (Å²) in [5.74, 6) is 0.206. The third-order valence-electron chi connectivity index (χ3n) is 2.42. The van der Waals surface area contributed by atoms with Crippen molar-refractivity contribution in [3.05, 3.63) is 18.0 Å². The van der Waals surface area contributed by atoms with Crippen LogP contribution in [0.5, 0.6) is 0 Å². The number of aryl methyl sites for hydroxylation is 1. The quantitative estimate of drug-likeness (QED) is 0.591. The van der Waals surface area contributed by atoms with Crippen molar-refractivity contribution in [3.63, 3.8) is 0 Å². The molecule has 1 fully saturated rings. The number of hydrogen-bond donors (Lipinski definition) is 2. The maximum absolute atomic E-state index is 9.58. The molecule has 2 heterocycles. The molecule has 2 rings (SSSR count). The third-order valence-corrected chi connectivity index (χ3v) is 2.42. The second-order valence-electron chi connectivity index (χ2n) is 3.21. The Balaban J connectivity index is 2.24. The van der Waals surface area contributed by atoms with Crippen LogP contribution in [0.4, 0.5) is 0 Å². The minimum atomic E-state index is -0.264. The van der Waals surface area contributed by atoms with E-state index in [-0.39, 0.29) is 12.0 Å². The first-order chi connectivity index (χ1) is 5.79. The highest BCUT2D eigenvalue weighted by Gasteiger charge is 2.28. The smallest absolute Gasteiger partial charge is 0.0760 e. The van der Waals surface area contributed by atoms with E-state index in [1.165, 1.54) is 0 Å². The Bertz CT molecular complexity index is 271. The van der Waals surface area contributed by atoms with Crippen molar-refractivity contribution in [2.24, 2.45) is 7.05 Å². The van der Waals surface area contributed by atoms with Crippen LogP contribution in [0.15, 0.2) is 12.3 Å². The Labute approximate surface area is 71.2 Å². The molecule has 0 bridgehead atoms. The molecule has 0 aromatic carbocycles. The summed E-state index contributed by atoms with van der Waals surface area (Å²) in [6, 6.07) is 1.96. The molecule has 2 atom stereocenters. The van der Waals surface area contributed by atoms with Crippen LogP contribution in [0.25, 0.3) is 0 Å². The number of aromatic nitrogens is 2. The Morgan fingerprint density at radius 1 is 1.67 bits per heavy atom. The van der Waals surface area contributed by atoms with Crippen molar-refractivity contribution < 1.29 is 5.11 Å². The van der Waals surface area contributed by atoms with Gasteiger partial charge in [0.1, 0.15) is 0 Å². The number of rotatable bonds is 1. The molecule has 2 N–H and O–H groups in total. The van der Waals surface area contributed by atoms with Gasteiger partial charge < -0.3 is 10.4 Å². The van der Waals surface area contributed by atoms with Crippen molar-refractivity contribution in [1.82, 2.24) is 15.1 Å². The molecule has 1 aromatic rings. The molecule has 1 aliphatic heterocycles. The van der Waals surface area contributed by atoms with E-state index in [9.17, 15) is 5.11 Å². The summed E-state index contributed by atoms with van der Waals surface area (Å²) < 4.78 is 1.82. The van der Waals surface area contributed by atoms with Crippen LogP contribution < -0.4 is 5.32 Å². The predicted molar refractivity (Wildman–Crippen MR) is 44.8 cm³/mol. The summed E-state index contributed by atoms with van der Waals surface area (Å²) in [6.07, 6.45) is 1.50. The molecule has 4 nitrogen and oxygen atoms in total. The monoisotopic (exact) mass is 167 g/mol. The maximum Gasteiger partial charge on any atom is 0.0760 e. The number of β-amino-alcohol motifs (C(OH)–C–C–N with tert-alkyl or cyclic N) is 1. The van der Waals surface area contributed by atoms with E-state index in [1.54, 1.807) is 6.20 Å². The van der Waals surface area contributed by atoms with E-state index in [1.807, 2.05) is 17.8 Å². The number of hydrogen-bond acceptors (Lipinski definition) is 3. The van der Waals surface area contributed by atoms with Crippen LogP contribution in [0.1, 0.15) is 11.6 Å². The minimum Gasteiger partial charge on any atom is -0.391 e. The largest absolute Gasteiger partial charge is 0.391 e. The van der Waals surface area contributed by atoms with E-state index in [4.69, 9.17) is 0 Å². The van der Waals surface area contributed by atoms with Gasteiger partial charge in [0.15, 0.2) is 0 Å². The molecular formula is C8H13N3O. The third kappa shape index (κ3) is 1.13. The molecule has 12 heavy (non-hydrogen) atoms. The fourth-order valence-corrected chi connectivity index (χ4v) is 1.71. The molecule has 0 amide bonds. The number of nitrogens with one attached hydrogen (secondary N) is 1. The summed E-state index contributed by atoms with van der Waals surface area (Å²) in [6.45, 7) is 1.54. The summed E-state index contributed by atoms with van der Waals surface area (Å²) >= 11 is 0. The van der Waals surface area contributed by atoms with Gasteiger partial charge in [0, 0.05) is 37.9 Å². The van der Waals surface area contributed by atoms with Crippen LogP contribution >= 0.6 is 0 Å². The molecule has 66 valence electrons. The highest BCUT2D eigenvalue weighted by Crippen LogP contribution is 2.21. The van der Waals surface area contributed by atoms with Gasteiger partial charge in [-0.3, -0.25) is 4.68 Å². The first-order valence-corrected chi connectivity index (χ1v) is 4.15. The molecule has 0 saturated carbocycles. The van der Waals surface area contributed by atoms with Crippen molar-refractivity contribution in [3.8, 4) is 0 Å². The van der Waals surface area contributed by atoms with Crippen LogP contribution in [-0.4, -0.2) is 34.1 Å². The second kappa shape index (κ2) is 2.88. The minimum absolute atomic E-state index is 0.206. The topological polar surface area (TPSA) is 50.1 Å². The lowest BCUT2D eigenvalue weighted by molar-refractivity contribution is 0.174. The number of aliphatic hydroxyl groups excluding tert-OH is 1. The Morgan fingerprint density at radius 3 is 3.00 bits per heavy atom. The van der Waals surface area contributed by atoms with Crippen molar-refractivity contribution >= 4 is 0 Å². The molecule has 1 saturated heterocycles. The SMILES string of the molecule is Cn1nccc1C1CNCC1O. The average Bonchev–Trinajstić information content (AvgIpc) is 2.59. The van der Waals surface area contributed by atoms with Crippen molar-refractivity contribution in [2.45, 2.75) is 12.0 Å². The fraction of sp³-hybridized carbons (Fsp3) is 0.625. The molecule has 2 unspecified atom stereocenters. The average molecular weight is 167 g/mol. The van der Waals surface area contributed by atoms with Gasteiger partial charge in [-0.1, -0.05) is 0 Å². The van der Waals surface area contributed by atoms with Crippen LogP contribution in [0.2, 0.25) is 0 Å². The first kappa shape index (κ1) is 7.76. The van der Waals surface area contributed by atoms with Gasteiger partial charge in [0.25, 0.3) is 0 Å². The zero-order valence-electron chi connectivity index (χ0n) is 7.07.